The van der Waals surface area contributed by atoms with Crippen molar-refractivity contribution in [3.63, 3.8) is 0 Å². The van der Waals surface area contributed by atoms with Crippen LogP contribution in [-0.2, 0) is 20.7 Å². The van der Waals surface area contributed by atoms with E-state index in [4.69, 9.17) is 5.11 Å². The molecule has 0 bridgehead atoms. The Morgan fingerprint density at radius 3 is 2.65 bits per heavy atom. The first-order chi connectivity index (χ1) is 7.95. The van der Waals surface area contributed by atoms with Gasteiger partial charge in [0.05, 0.1) is 7.11 Å². The van der Waals surface area contributed by atoms with E-state index >= 15 is 0 Å². The molecule has 1 unspecified atom stereocenters. The number of methoxy groups -OCH3 is 1. The number of hydrogen-bond donors (Lipinski definition) is 1. The van der Waals surface area contributed by atoms with Crippen LogP contribution in [0, 0.1) is 11.7 Å². The first kappa shape index (κ1) is 13.6. The lowest BCUT2D eigenvalue weighted by Gasteiger charge is -2.10. The van der Waals surface area contributed by atoms with E-state index in [1.807, 2.05) is 0 Å². The van der Waals surface area contributed by atoms with Gasteiger partial charge in [-0.3, -0.25) is 9.59 Å². The average Bonchev–Trinajstić information content (AvgIpc) is 2.26. The van der Waals surface area contributed by atoms with Crippen LogP contribution in [-0.4, -0.2) is 24.2 Å². The molecule has 0 radical (unpaired) electrons. The van der Waals surface area contributed by atoms with E-state index in [2.05, 4.69) is 20.7 Å². The van der Waals surface area contributed by atoms with Gasteiger partial charge >= 0.3 is 11.9 Å². The van der Waals surface area contributed by atoms with Crippen LogP contribution in [0.2, 0.25) is 0 Å². The van der Waals surface area contributed by atoms with Crippen LogP contribution < -0.4 is 0 Å². The van der Waals surface area contributed by atoms with Gasteiger partial charge in [-0.05, 0) is 24.1 Å². The number of carboxylic acid groups (broad SMARTS) is 1. The van der Waals surface area contributed by atoms with E-state index in [1.54, 1.807) is 6.07 Å². The molecule has 0 aliphatic rings. The number of halogens is 2. The summed E-state index contributed by atoms with van der Waals surface area (Å²) in [6.07, 6.45) is -0.235. The lowest BCUT2D eigenvalue weighted by molar-refractivity contribution is -0.156. The van der Waals surface area contributed by atoms with Crippen molar-refractivity contribution in [1.29, 1.82) is 0 Å². The maximum atomic E-state index is 13.5. The maximum Gasteiger partial charge on any atom is 0.320 e. The number of benzene rings is 1. The van der Waals surface area contributed by atoms with Gasteiger partial charge in [-0.15, -0.1) is 0 Å². The van der Waals surface area contributed by atoms with E-state index in [1.165, 1.54) is 12.1 Å². The molecule has 1 aromatic carbocycles. The van der Waals surface area contributed by atoms with Crippen LogP contribution in [0.4, 0.5) is 4.39 Å². The largest absolute Gasteiger partial charge is 0.481 e. The van der Waals surface area contributed by atoms with Crippen molar-refractivity contribution in [3.05, 3.63) is 34.1 Å². The van der Waals surface area contributed by atoms with Gasteiger partial charge in [0.25, 0.3) is 0 Å². The second kappa shape index (κ2) is 5.77. The Morgan fingerprint density at radius 1 is 1.53 bits per heavy atom. The third-order valence-electron chi connectivity index (χ3n) is 2.22. The number of rotatable bonds is 4. The zero-order valence-corrected chi connectivity index (χ0v) is 10.5. The topological polar surface area (TPSA) is 63.6 Å². The van der Waals surface area contributed by atoms with E-state index in [0.717, 1.165) is 7.11 Å². The van der Waals surface area contributed by atoms with Gasteiger partial charge in [0.15, 0.2) is 5.92 Å². The van der Waals surface area contributed by atoms with E-state index < -0.39 is 23.7 Å². The minimum atomic E-state index is -1.39. The summed E-state index contributed by atoms with van der Waals surface area (Å²) in [6.45, 7) is 0. The molecule has 6 heteroatoms. The molecular weight excluding hydrogens is 295 g/mol. The highest BCUT2D eigenvalue weighted by atomic mass is 79.9. The van der Waals surface area contributed by atoms with Crippen molar-refractivity contribution in [2.75, 3.05) is 7.11 Å². The normalized spacial score (nSPS) is 11.9. The summed E-state index contributed by atoms with van der Waals surface area (Å²) in [7, 11) is 1.09. The Bertz CT molecular complexity index is 447. The Labute approximate surface area is 106 Å². The molecule has 1 aromatic rings. The summed E-state index contributed by atoms with van der Waals surface area (Å²) in [5, 5.41) is 8.85. The lowest BCUT2D eigenvalue weighted by Crippen LogP contribution is -2.27. The minimum Gasteiger partial charge on any atom is -0.481 e. The molecule has 0 spiro atoms. The van der Waals surface area contributed by atoms with E-state index in [0.29, 0.717) is 4.47 Å². The molecule has 0 saturated heterocycles. The molecule has 4 nitrogen and oxygen atoms in total. The molecule has 0 amide bonds. The van der Waals surface area contributed by atoms with Crippen molar-refractivity contribution in [2.45, 2.75) is 6.42 Å². The van der Waals surface area contributed by atoms with Crippen molar-refractivity contribution >= 4 is 27.9 Å². The number of carboxylic acids is 1. The van der Waals surface area contributed by atoms with Crippen LogP contribution in [0.15, 0.2) is 22.7 Å². The zero-order chi connectivity index (χ0) is 13.0. The van der Waals surface area contributed by atoms with Crippen molar-refractivity contribution in [1.82, 2.24) is 0 Å². The molecule has 1 N–H and O–H groups in total. The predicted molar refractivity (Wildman–Crippen MR) is 60.9 cm³/mol. The summed E-state index contributed by atoms with van der Waals surface area (Å²) in [6, 6.07) is 4.22. The molecule has 1 rings (SSSR count). The molecule has 0 aromatic heterocycles. The molecule has 17 heavy (non-hydrogen) atoms. The first-order valence-electron chi connectivity index (χ1n) is 4.70. The van der Waals surface area contributed by atoms with Crippen molar-refractivity contribution < 1.29 is 23.8 Å². The molecule has 0 aliphatic heterocycles. The SMILES string of the molecule is COC(=O)C(Cc1ccc(Br)cc1F)C(=O)O. The van der Waals surface area contributed by atoms with Gasteiger partial charge in [0.1, 0.15) is 5.82 Å². The molecule has 0 heterocycles. The van der Waals surface area contributed by atoms with Crippen LogP contribution in [0.1, 0.15) is 5.56 Å². The van der Waals surface area contributed by atoms with Gasteiger partial charge < -0.3 is 9.84 Å². The molecule has 0 aliphatic carbocycles. The quantitative estimate of drug-likeness (QED) is 0.682. The van der Waals surface area contributed by atoms with Gasteiger partial charge in [-0.1, -0.05) is 22.0 Å². The molecule has 92 valence electrons. The Balaban J connectivity index is 2.94. The summed E-state index contributed by atoms with van der Waals surface area (Å²) < 4.78 is 18.4. The Hall–Kier alpha value is -1.43. The van der Waals surface area contributed by atoms with Crippen LogP contribution >= 0.6 is 15.9 Å². The molecule has 0 fully saturated rings. The van der Waals surface area contributed by atoms with Crippen LogP contribution in [0.5, 0.6) is 0 Å². The Morgan fingerprint density at radius 2 is 2.18 bits per heavy atom. The lowest BCUT2D eigenvalue weighted by atomic mass is 9.99. The second-order valence-electron chi connectivity index (χ2n) is 3.35. The summed E-state index contributed by atoms with van der Waals surface area (Å²) in [4.78, 5) is 22.1. The number of carbonyl (C=O) groups is 2. The third-order valence-corrected chi connectivity index (χ3v) is 2.72. The summed E-state index contributed by atoms with van der Waals surface area (Å²) in [5.41, 5.74) is 0.158. The van der Waals surface area contributed by atoms with Gasteiger partial charge in [0, 0.05) is 4.47 Å². The number of esters is 1. The van der Waals surface area contributed by atoms with Gasteiger partial charge in [-0.2, -0.15) is 0 Å². The fourth-order valence-electron chi connectivity index (χ4n) is 1.32. The number of hydrogen-bond acceptors (Lipinski definition) is 3. The standard InChI is InChI=1S/C11H10BrFO4/c1-17-11(16)8(10(14)15)4-6-2-3-7(12)5-9(6)13/h2-3,5,8H,4H2,1H3,(H,14,15). The molecule has 1 atom stereocenters. The van der Waals surface area contributed by atoms with Crippen LogP contribution in [0.3, 0.4) is 0 Å². The fourth-order valence-corrected chi connectivity index (χ4v) is 1.65. The van der Waals surface area contributed by atoms with Crippen molar-refractivity contribution in [2.24, 2.45) is 5.92 Å². The monoisotopic (exact) mass is 304 g/mol. The smallest absolute Gasteiger partial charge is 0.320 e. The number of aliphatic carboxylic acids is 1. The molecular formula is C11H10BrFO4. The fraction of sp³-hybridized carbons (Fsp3) is 0.273. The van der Waals surface area contributed by atoms with E-state index in [9.17, 15) is 14.0 Å². The highest BCUT2D eigenvalue weighted by Crippen LogP contribution is 2.19. The first-order valence-corrected chi connectivity index (χ1v) is 5.49. The van der Waals surface area contributed by atoms with Crippen molar-refractivity contribution in [3.8, 4) is 0 Å². The van der Waals surface area contributed by atoms with Gasteiger partial charge in [-0.25, -0.2) is 4.39 Å². The second-order valence-corrected chi connectivity index (χ2v) is 4.27. The van der Waals surface area contributed by atoms with Crippen LogP contribution in [0.25, 0.3) is 0 Å². The highest BCUT2D eigenvalue weighted by molar-refractivity contribution is 9.10. The minimum absolute atomic E-state index is 0.158. The third kappa shape index (κ3) is 3.52. The number of carbonyl (C=O) groups excluding carboxylic acids is 1. The molecule has 0 saturated carbocycles. The zero-order valence-electron chi connectivity index (χ0n) is 8.94. The Kier molecular flexibility index (Phi) is 4.62. The maximum absolute atomic E-state index is 13.5. The summed E-state index contributed by atoms with van der Waals surface area (Å²) >= 11 is 3.09. The number of ether oxygens (including phenoxy) is 1. The highest BCUT2D eigenvalue weighted by Gasteiger charge is 2.28. The summed E-state index contributed by atoms with van der Waals surface area (Å²) in [5.74, 6) is -4.18. The van der Waals surface area contributed by atoms with Gasteiger partial charge in [0.2, 0.25) is 0 Å². The van der Waals surface area contributed by atoms with E-state index in [-0.39, 0.29) is 12.0 Å². The predicted octanol–water partition coefficient (Wildman–Crippen LogP) is 2.00. The average molecular weight is 305 g/mol.